The molecule has 1 aromatic heterocycles. The highest BCUT2D eigenvalue weighted by molar-refractivity contribution is 7.89. The van der Waals surface area contributed by atoms with Gasteiger partial charge >= 0.3 is 5.97 Å². The zero-order valence-electron chi connectivity index (χ0n) is 21.2. The second-order valence-corrected chi connectivity index (χ2v) is 12.2. The van der Waals surface area contributed by atoms with Crippen LogP contribution in [0.25, 0.3) is 0 Å². The van der Waals surface area contributed by atoms with Crippen LogP contribution in [0.2, 0.25) is 0 Å². The number of nitrogens with one attached hydrogen (secondary N) is 1. The number of nitrogens with zero attached hydrogens (tertiary/aromatic N) is 2. The number of ether oxygens (including phenoxy) is 1. The molecule has 1 saturated heterocycles. The van der Waals surface area contributed by atoms with Gasteiger partial charge in [0.05, 0.1) is 17.1 Å². The first kappa shape index (κ1) is 26.8. The zero-order valence-corrected chi connectivity index (χ0v) is 22.8. The van der Waals surface area contributed by atoms with Crippen molar-refractivity contribution in [2.45, 2.75) is 70.4 Å². The Labute approximate surface area is 217 Å². The van der Waals surface area contributed by atoms with E-state index in [2.05, 4.69) is 17.1 Å². The molecule has 2 aromatic rings. The number of fused-ring (bicyclic) bond motifs is 1. The number of anilines is 1. The molecule has 1 aromatic carbocycles. The average molecular weight is 534 g/mol. The van der Waals surface area contributed by atoms with Gasteiger partial charge in [-0.15, -0.1) is 11.3 Å². The highest BCUT2D eigenvalue weighted by Gasteiger charge is 2.33. The maximum atomic E-state index is 13.2. The first-order valence-electron chi connectivity index (χ1n) is 12.8. The topological polar surface area (TPSA) is 96.0 Å². The molecule has 1 atom stereocenters. The van der Waals surface area contributed by atoms with Gasteiger partial charge in [-0.25, -0.2) is 13.2 Å². The van der Waals surface area contributed by atoms with Gasteiger partial charge in [0.15, 0.2) is 0 Å². The van der Waals surface area contributed by atoms with Gasteiger partial charge < -0.3 is 10.1 Å². The van der Waals surface area contributed by atoms with Crippen molar-refractivity contribution in [3.63, 3.8) is 0 Å². The smallest absolute Gasteiger partial charge is 0.341 e. The first-order valence-corrected chi connectivity index (χ1v) is 15.0. The number of esters is 1. The lowest BCUT2D eigenvalue weighted by Gasteiger charge is -2.34. The van der Waals surface area contributed by atoms with Crippen LogP contribution in [-0.2, 0) is 27.7 Å². The van der Waals surface area contributed by atoms with E-state index in [9.17, 15) is 18.0 Å². The molecule has 1 unspecified atom stereocenters. The van der Waals surface area contributed by atoms with E-state index in [1.54, 1.807) is 11.2 Å². The van der Waals surface area contributed by atoms with Crippen molar-refractivity contribution in [2.75, 3.05) is 31.6 Å². The molecule has 2 aliphatic heterocycles. The SMILES string of the molecule is CCOC(=O)c1c(NC(=O)c2ccc(S(=O)(=O)N3CCCCC3CC)cc2)sc2c1CCN(CC)C2. The minimum absolute atomic E-state index is 0.0153. The Bertz CT molecular complexity index is 1210. The van der Waals surface area contributed by atoms with Crippen LogP contribution >= 0.6 is 11.3 Å². The number of benzene rings is 1. The number of hydrogen-bond acceptors (Lipinski definition) is 7. The molecule has 2 aliphatic rings. The summed E-state index contributed by atoms with van der Waals surface area (Å²) in [5.41, 5.74) is 1.72. The van der Waals surface area contributed by atoms with Crippen LogP contribution in [0.4, 0.5) is 5.00 Å². The molecule has 1 fully saturated rings. The van der Waals surface area contributed by atoms with E-state index < -0.39 is 16.0 Å². The first-order chi connectivity index (χ1) is 17.3. The van der Waals surface area contributed by atoms with E-state index in [0.717, 1.165) is 62.2 Å². The van der Waals surface area contributed by atoms with E-state index in [1.807, 2.05) is 6.92 Å². The predicted molar refractivity (Wildman–Crippen MR) is 141 cm³/mol. The Kier molecular flexibility index (Phi) is 8.49. The van der Waals surface area contributed by atoms with Crippen LogP contribution in [0.3, 0.4) is 0 Å². The maximum absolute atomic E-state index is 13.2. The van der Waals surface area contributed by atoms with Crippen molar-refractivity contribution in [1.29, 1.82) is 0 Å². The summed E-state index contributed by atoms with van der Waals surface area (Å²) in [5.74, 6) is -0.816. The Morgan fingerprint density at radius 1 is 1.11 bits per heavy atom. The normalized spacial score (nSPS) is 19.0. The van der Waals surface area contributed by atoms with Crippen molar-refractivity contribution in [2.24, 2.45) is 0 Å². The predicted octanol–water partition coefficient (Wildman–Crippen LogP) is 4.51. The zero-order chi connectivity index (χ0) is 25.9. The number of likely N-dealkylation sites (N-methyl/N-ethyl adjacent to an activating group) is 1. The van der Waals surface area contributed by atoms with Crippen molar-refractivity contribution in [1.82, 2.24) is 9.21 Å². The molecule has 0 aliphatic carbocycles. The van der Waals surface area contributed by atoms with Crippen molar-refractivity contribution in [3.8, 4) is 0 Å². The Balaban J connectivity index is 1.56. The number of carbonyl (C=O) groups is 2. The summed E-state index contributed by atoms with van der Waals surface area (Å²) in [6.45, 7) is 9.16. The number of thiophene rings is 1. The van der Waals surface area contributed by atoms with Crippen LogP contribution in [-0.4, -0.2) is 61.8 Å². The number of sulfonamides is 1. The second-order valence-electron chi connectivity index (χ2n) is 9.20. The molecule has 10 heteroatoms. The van der Waals surface area contributed by atoms with E-state index in [0.29, 0.717) is 22.7 Å². The van der Waals surface area contributed by atoms with E-state index in [1.165, 1.54) is 35.6 Å². The van der Waals surface area contributed by atoms with Gasteiger partial charge in [-0.05, 0) is 69.0 Å². The molecule has 1 amide bonds. The van der Waals surface area contributed by atoms with Gasteiger partial charge in [0.25, 0.3) is 5.91 Å². The highest BCUT2D eigenvalue weighted by atomic mass is 32.2. The van der Waals surface area contributed by atoms with E-state index >= 15 is 0 Å². The third kappa shape index (κ3) is 5.37. The summed E-state index contributed by atoms with van der Waals surface area (Å²) in [6, 6.07) is 6.07. The van der Waals surface area contributed by atoms with Crippen molar-refractivity contribution < 1.29 is 22.7 Å². The molecular weight excluding hydrogens is 498 g/mol. The molecule has 0 saturated carbocycles. The fraction of sp³-hybridized carbons (Fsp3) is 0.538. The summed E-state index contributed by atoms with van der Waals surface area (Å²) in [7, 11) is -3.62. The molecule has 1 N–H and O–H groups in total. The third-order valence-corrected chi connectivity index (χ3v) is 10.2. The lowest BCUT2D eigenvalue weighted by Crippen LogP contribution is -2.43. The van der Waals surface area contributed by atoms with Crippen molar-refractivity contribution in [3.05, 3.63) is 45.8 Å². The van der Waals surface area contributed by atoms with E-state index in [4.69, 9.17) is 4.74 Å². The van der Waals surface area contributed by atoms with Crippen LogP contribution < -0.4 is 5.32 Å². The molecule has 8 nitrogen and oxygen atoms in total. The molecule has 0 bridgehead atoms. The van der Waals surface area contributed by atoms with Gasteiger partial charge in [0.2, 0.25) is 10.0 Å². The summed E-state index contributed by atoms with van der Waals surface area (Å²) in [6.07, 6.45) is 4.29. The number of carbonyl (C=O) groups excluding carboxylic acids is 2. The van der Waals surface area contributed by atoms with Crippen LogP contribution in [0.1, 0.15) is 77.6 Å². The minimum Gasteiger partial charge on any atom is -0.462 e. The Hall–Kier alpha value is -2.27. The molecule has 36 heavy (non-hydrogen) atoms. The Morgan fingerprint density at radius 2 is 1.86 bits per heavy atom. The fourth-order valence-corrected chi connectivity index (χ4v) is 8.06. The maximum Gasteiger partial charge on any atom is 0.341 e. The average Bonchev–Trinajstić information content (AvgIpc) is 3.25. The molecule has 3 heterocycles. The summed E-state index contributed by atoms with van der Waals surface area (Å²) in [4.78, 5) is 29.4. The number of rotatable bonds is 8. The standard InChI is InChI=1S/C26H35N3O5S2/c1-4-19-9-7-8-15-29(19)36(32,33)20-12-10-18(11-13-20)24(30)27-25-23(26(31)34-6-3)21-14-16-28(5-2)17-22(21)35-25/h10-13,19H,4-9,14-17H2,1-3H3,(H,27,30). The Morgan fingerprint density at radius 3 is 2.53 bits per heavy atom. The summed E-state index contributed by atoms with van der Waals surface area (Å²) < 4.78 is 33.4. The van der Waals surface area contributed by atoms with Crippen LogP contribution in [0.15, 0.2) is 29.2 Å². The fourth-order valence-electron chi connectivity index (χ4n) is 5.02. The lowest BCUT2D eigenvalue weighted by molar-refractivity contribution is 0.0526. The van der Waals surface area contributed by atoms with Gasteiger partial charge in [0, 0.05) is 36.1 Å². The van der Waals surface area contributed by atoms with Crippen LogP contribution in [0, 0.1) is 0 Å². The third-order valence-electron chi connectivity index (χ3n) is 7.06. The van der Waals surface area contributed by atoms with Gasteiger partial charge in [-0.2, -0.15) is 4.31 Å². The molecule has 0 spiro atoms. The minimum atomic E-state index is -3.62. The molecule has 196 valence electrons. The molecular formula is C26H35N3O5S2. The van der Waals surface area contributed by atoms with Crippen LogP contribution in [0.5, 0.6) is 0 Å². The number of amides is 1. The monoisotopic (exact) mass is 533 g/mol. The van der Waals surface area contributed by atoms with Gasteiger partial charge in [-0.1, -0.05) is 20.3 Å². The molecule has 0 radical (unpaired) electrons. The lowest BCUT2D eigenvalue weighted by atomic mass is 10.0. The summed E-state index contributed by atoms with van der Waals surface area (Å²) >= 11 is 1.41. The highest BCUT2D eigenvalue weighted by Crippen LogP contribution is 2.38. The quantitative estimate of drug-likeness (QED) is 0.502. The summed E-state index contributed by atoms with van der Waals surface area (Å²) in [5, 5.41) is 3.38. The van der Waals surface area contributed by atoms with Crippen molar-refractivity contribution >= 4 is 38.2 Å². The van der Waals surface area contributed by atoms with Gasteiger partial charge in [-0.3, -0.25) is 9.69 Å². The second kappa shape index (κ2) is 11.4. The molecule has 4 rings (SSSR count). The van der Waals surface area contributed by atoms with Gasteiger partial charge in [0.1, 0.15) is 5.00 Å². The number of piperidine rings is 1. The number of hydrogen-bond donors (Lipinski definition) is 1. The van der Waals surface area contributed by atoms with E-state index in [-0.39, 0.29) is 23.5 Å². The largest absolute Gasteiger partial charge is 0.462 e.